The third-order valence-electron chi connectivity index (χ3n) is 8.18. The average molecular weight is 555 g/mol. The van der Waals surface area contributed by atoms with Crippen LogP contribution in [0.3, 0.4) is 0 Å². The minimum Gasteiger partial charge on any atom is -0.348 e. The van der Waals surface area contributed by atoms with E-state index in [1.165, 1.54) is 12.5 Å². The molecule has 8 nitrogen and oxygen atoms in total. The van der Waals surface area contributed by atoms with E-state index < -0.39 is 5.67 Å². The summed E-state index contributed by atoms with van der Waals surface area (Å²) < 4.78 is 14.2. The number of amides is 2. The van der Waals surface area contributed by atoms with Crippen molar-refractivity contribution < 1.29 is 14.0 Å². The molecule has 2 saturated heterocycles. The first-order valence-corrected chi connectivity index (χ1v) is 14.2. The quantitative estimate of drug-likeness (QED) is 0.355. The van der Waals surface area contributed by atoms with Crippen molar-refractivity contribution in [2.75, 3.05) is 26.2 Å². The minimum absolute atomic E-state index is 0.0118. The smallest absolute Gasteiger partial charge is 0.251 e. The SMILES string of the molecule is Cc1cc(-c2n[nH]c3ccc(C(=O)N[C@@H]4CC[C@@H](C(=O)N5CC(C)(F)C5)N(CCc5ccccc5)C4)cc23)ccn1. The number of aromatic amines is 1. The molecule has 0 saturated carbocycles. The molecular weight excluding hydrogens is 519 g/mol. The lowest BCUT2D eigenvalue weighted by molar-refractivity contribution is -0.151. The van der Waals surface area contributed by atoms with Crippen molar-refractivity contribution in [2.24, 2.45) is 0 Å². The van der Waals surface area contributed by atoms with Crippen LogP contribution in [0.4, 0.5) is 4.39 Å². The van der Waals surface area contributed by atoms with Crippen molar-refractivity contribution in [2.45, 2.75) is 50.9 Å². The lowest BCUT2D eigenvalue weighted by atomic mass is 9.92. The number of likely N-dealkylation sites (tertiary alicyclic amines) is 2. The number of rotatable bonds is 7. The maximum Gasteiger partial charge on any atom is 0.251 e. The summed E-state index contributed by atoms with van der Waals surface area (Å²) in [6.45, 7) is 5.01. The number of fused-ring (bicyclic) bond motifs is 1. The number of halogens is 1. The Bertz CT molecular complexity index is 1560. The molecule has 0 radical (unpaired) electrons. The largest absolute Gasteiger partial charge is 0.348 e. The van der Waals surface area contributed by atoms with Gasteiger partial charge in [0.05, 0.1) is 24.6 Å². The van der Waals surface area contributed by atoms with Crippen LogP contribution in [0.25, 0.3) is 22.2 Å². The van der Waals surface area contributed by atoms with Gasteiger partial charge in [0.1, 0.15) is 11.4 Å². The molecule has 2 aliphatic heterocycles. The highest BCUT2D eigenvalue weighted by atomic mass is 19.1. The van der Waals surface area contributed by atoms with Gasteiger partial charge in [0.2, 0.25) is 5.91 Å². The van der Waals surface area contributed by atoms with Crippen LogP contribution < -0.4 is 5.32 Å². The van der Waals surface area contributed by atoms with Gasteiger partial charge in [0.15, 0.2) is 0 Å². The zero-order chi connectivity index (χ0) is 28.6. The molecule has 0 bridgehead atoms. The lowest BCUT2D eigenvalue weighted by Crippen LogP contribution is -2.65. The van der Waals surface area contributed by atoms with Crippen molar-refractivity contribution in [1.29, 1.82) is 0 Å². The van der Waals surface area contributed by atoms with Gasteiger partial charge >= 0.3 is 0 Å². The number of hydrogen-bond acceptors (Lipinski definition) is 5. The fourth-order valence-corrected chi connectivity index (χ4v) is 6.06. The fraction of sp³-hybridized carbons (Fsp3) is 0.375. The summed E-state index contributed by atoms with van der Waals surface area (Å²) in [5.41, 5.74) is 3.91. The summed E-state index contributed by atoms with van der Waals surface area (Å²) in [6, 6.07) is 19.2. The summed E-state index contributed by atoms with van der Waals surface area (Å²) in [5, 5.41) is 11.6. The van der Waals surface area contributed by atoms with E-state index in [4.69, 9.17) is 0 Å². The Labute approximate surface area is 238 Å². The number of carbonyl (C=O) groups excluding carboxylic acids is 2. The molecule has 2 aromatic heterocycles. The number of aryl methyl sites for hydroxylation is 1. The van der Waals surface area contributed by atoms with Gasteiger partial charge in [-0.15, -0.1) is 0 Å². The molecule has 4 aromatic rings. The lowest BCUT2D eigenvalue weighted by Gasteiger charge is -2.47. The molecule has 2 aliphatic rings. The molecule has 0 unspecified atom stereocenters. The number of aromatic nitrogens is 3. The standard InChI is InChI=1S/C32H35FN6O2/c1-21-16-23(12-14-34-21)29-26-17-24(8-10-27(26)36-37-29)30(40)35-25-9-11-28(31(41)39-19-32(2,33)20-39)38(18-25)15-13-22-6-4-3-5-7-22/h3-8,10,12,14,16-17,25,28H,9,11,13,15,18-20H2,1-2H3,(H,35,40)(H,36,37)/t25-,28+/m1/s1. The van der Waals surface area contributed by atoms with E-state index in [0.29, 0.717) is 31.5 Å². The van der Waals surface area contributed by atoms with Crippen molar-refractivity contribution in [3.8, 4) is 11.3 Å². The average Bonchev–Trinajstić information content (AvgIpc) is 3.38. The van der Waals surface area contributed by atoms with Crippen molar-refractivity contribution in [1.82, 2.24) is 30.3 Å². The molecule has 2 amide bonds. The highest BCUT2D eigenvalue weighted by Crippen LogP contribution is 2.30. The first-order chi connectivity index (χ1) is 19.8. The monoisotopic (exact) mass is 554 g/mol. The Balaban J connectivity index is 1.17. The summed E-state index contributed by atoms with van der Waals surface area (Å²) in [5.74, 6) is -0.166. The first-order valence-electron chi connectivity index (χ1n) is 14.2. The van der Waals surface area contributed by atoms with Crippen LogP contribution in [-0.2, 0) is 11.2 Å². The van der Waals surface area contributed by atoms with Gasteiger partial charge in [-0.2, -0.15) is 5.10 Å². The van der Waals surface area contributed by atoms with Crippen LogP contribution in [0.1, 0.15) is 41.4 Å². The van der Waals surface area contributed by atoms with Gasteiger partial charge in [-0.25, -0.2) is 4.39 Å². The van der Waals surface area contributed by atoms with E-state index in [1.807, 2.05) is 49.4 Å². The number of pyridine rings is 1. The molecule has 2 aromatic carbocycles. The number of H-pyrrole nitrogens is 1. The third-order valence-corrected chi connectivity index (χ3v) is 8.18. The van der Waals surface area contributed by atoms with Gasteiger partial charge in [-0.05, 0) is 69.0 Å². The Morgan fingerprint density at radius 3 is 2.66 bits per heavy atom. The molecule has 9 heteroatoms. The number of benzene rings is 2. The molecule has 0 aliphatic carbocycles. The molecular formula is C32H35FN6O2. The van der Waals surface area contributed by atoms with Crippen LogP contribution in [0.15, 0.2) is 66.9 Å². The molecule has 212 valence electrons. The van der Waals surface area contributed by atoms with E-state index in [1.54, 1.807) is 17.2 Å². The van der Waals surface area contributed by atoms with Gasteiger partial charge in [-0.1, -0.05) is 30.3 Å². The van der Waals surface area contributed by atoms with Gasteiger partial charge in [-0.3, -0.25) is 24.6 Å². The number of nitrogens with one attached hydrogen (secondary N) is 2. The predicted octanol–water partition coefficient (Wildman–Crippen LogP) is 4.31. The van der Waals surface area contributed by atoms with Crippen LogP contribution in [0, 0.1) is 6.92 Å². The summed E-state index contributed by atoms with van der Waals surface area (Å²) in [6.07, 6.45) is 3.84. The molecule has 2 atom stereocenters. The number of hydrogen-bond donors (Lipinski definition) is 2. The molecule has 2 fully saturated rings. The molecule has 6 rings (SSSR count). The van der Waals surface area contributed by atoms with Gasteiger partial charge < -0.3 is 10.2 Å². The number of piperidine rings is 1. The predicted molar refractivity (Wildman–Crippen MR) is 156 cm³/mol. The Hall–Kier alpha value is -4.11. The maximum atomic E-state index is 14.2. The molecule has 2 N–H and O–H groups in total. The molecule has 0 spiro atoms. The van der Waals surface area contributed by atoms with Crippen molar-refractivity contribution in [3.63, 3.8) is 0 Å². The van der Waals surface area contributed by atoms with E-state index in [-0.39, 0.29) is 37.0 Å². The fourth-order valence-electron chi connectivity index (χ4n) is 6.06. The molecule has 4 heterocycles. The topological polar surface area (TPSA) is 94.2 Å². The van der Waals surface area contributed by atoms with Crippen LogP contribution in [-0.4, -0.2) is 80.7 Å². The Kier molecular flexibility index (Phi) is 7.30. The number of alkyl halides is 1. The first kappa shape index (κ1) is 27.1. The third kappa shape index (κ3) is 5.86. The zero-order valence-corrected chi connectivity index (χ0v) is 23.4. The molecule has 41 heavy (non-hydrogen) atoms. The number of nitrogens with zero attached hydrogens (tertiary/aromatic N) is 4. The normalized spacial score (nSPS) is 20.5. The highest BCUT2D eigenvalue weighted by molar-refractivity contribution is 6.01. The number of carbonyl (C=O) groups is 2. The van der Waals surface area contributed by atoms with Gasteiger partial charge in [0, 0.05) is 47.5 Å². The van der Waals surface area contributed by atoms with Crippen LogP contribution in [0.2, 0.25) is 0 Å². The minimum atomic E-state index is -1.30. The van der Waals surface area contributed by atoms with Crippen LogP contribution in [0.5, 0.6) is 0 Å². The van der Waals surface area contributed by atoms with E-state index in [9.17, 15) is 14.0 Å². The van der Waals surface area contributed by atoms with E-state index in [2.05, 4.69) is 37.5 Å². The van der Waals surface area contributed by atoms with Crippen LogP contribution >= 0.6 is 0 Å². The van der Waals surface area contributed by atoms with Crippen molar-refractivity contribution in [3.05, 3.63) is 83.7 Å². The van der Waals surface area contributed by atoms with Crippen molar-refractivity contribution >= 4 is 22.7 Å². The van der Waals surface area contributed by atoms with E-state index >= 15 is 0 Å². The summed E-state index contributed by atoms with van der Waals surface area (Å²) in [4.78, 5) is 34.8. The van der Waals surface area contributed by atoms with E-state index in [0.717, 1.165) is 34.3 Å². The second-order valence-corrected chi connectivity index (χ2v) is 11.6. The Morgan fingerprint density at radius 1 is 1.10 bits per heavy atom. The second kappa shape index (κ2) is 11.0. The zero-order valence-electron chi connectivity index (χ0n) is 23.4. The summed E-state index contributed by atoms with van der Waals surface area (Å²) >= 11 is 0. The Morgan fingerprint density at radius 2 is 1.90 bits per heavy atom. The maximum absolute atomic E-state index is 14.2. The second-order valence-electron chi connectivity index (χ2n) is 11.6. The summed E-state index contributed by atoms with van der Waals surface area (Å²) in [7, 11) is 0. The highest BCUT2D eigenvalue weighted by Gasteiger charge is 2.45. The van der Waals surface area contributed by atoms with Gasteiger partial charge in [0.25, 0.3) is 5.91 Å².